The minimum Gasteiger partial charge on any atom is -0.478 e. The van der Waals surface area contributed by atoms with Crippen molar-refractivity contribution in [2.45, 2.75) is 49.2 Å². The average molecular weight is 370 g/mol. The van der Waals surface area contributed by atoms with E-state index in [1.54, 1.807) is 12.1 Å². The van der Waals surface area contributed by atoms with Gasteiger partial charge in [0.15, 0.2) is 0 Å². The largest absolute Gasteiger partial charge is 0.478 e. The molecule has 0 unspecified atom stereocenters. The molecular formula is C21H22O4S. The molecule has 0 fully saturated rings. The summed E-state index contributed by atoms with van der Waals surface area (Å²) in [4.78, 5) is 24.7. The molecule has 3 rings (SSSR count). The molecule has 0 aliphatic carbocycles. The van der Waals surface area contributed by atoms with E-state index in [2.05, 4.69) is 27.7 Å². The van der Waals surface area contributed by atoms with Gasteiger partial charge in [0.05, 0.1) is 11.1 Å². The Balaban J connectivity index is 1.87. The Morgan fingerprint density at radius 3 is 2.42 bits per heavy atom. The number of carboxylic acids is 1. The molecule has 2 aromatic rings. The molecule has 1 N–H and O–H groups in total. The molecule has 2 aromatic carbocycles. The van der Waals surface area contributed by atoms with Gasteiger partial charge in [-0.25, -0.2) is 9.59 Å². The maximum atomic E-state index is 12.4. The fourth-order valence-electron chi connectivity index (χ4n) is 3.63. The Labute approximate surface area is 157 Å². The van der Waals surface area contributed by atoms with Crippen LogP contribution in [0.2, 0.25) is 0 Å². The number of aromatic carboxylic acids is 1. The van der Waals surface area contributed by atoms with Gasteiger partial charge in [0.2, 0.25) is 0 Å². The molecule has 0 aromatic heterocycles. The molecule has 0 bridgehead atoms. The number of esters is 1. The van der Waals surface area contributed by atoms with Crippen molar-refractivity contribution < 1.29 is 19.4 Å². The predicted molar refractivity (Wildman–Crippen MR) is 102 cm³/mol. The number of fused-ring (bicyclic) bond motifs is 1. The highest BCUT2D eigenvalue weighted by Crippen LogP contribution is 2.51. The Morgan fingerprint density at radius 1 is 1.04 bits per heavy atom. The van der Waals surface area contributed by atoms with E-state index in [1.807, 2.05) is 23.9 Å². The van der Waals surface area contributed by atoms with Gasteiger partial charge in [0.1, 0.15) is 5.75 Å². The number of carbonyl (C=O) groups excluding carboxylic acids is 1. The topological polar surface area (TPSA) is 63.6 Å². The van der Waals surface area contributed by atoms with Crippen LogP contribution in [0.4, 0.5) is 0 Å². The second-order valence-electron chi connectivity index (χ2n) is 7.86. The van der Waals surface area contributed by atoms with Crippen LogP contribution in [0.15, 0.2) is 47.4 Å². The van der Waals surface area contributed by atoms with Crippen molar-refractivity contribution in [1.82, 2.24) is 0 Å². The summed E-state index contributed by atoms with van der Waals surface area (Å²) in [5, 5.41) is 9.06. The number of thioether (sulfide) groups is 1. The van der Waals surface area contributed by atoms with Crippen molar-refractivity contribution in [3.8, 4) is 5.75 Å². The summed E-state index contributed by atoms with van der Waals surface area (Å²) >= 11 is 1.84. The lowest BCUT2D eigenvalue weighted by Crippen LogP contribution is -2.33. The van der Waals surface area contributed by atoms with E-state index in [1.165, 1.54) is 28.7 Å². The van der Waals surface area contributed by atoms with Crippen molar-refractivity contribution in [2.24, 2.45) is 0 Å². The molecule has 4 nitrogen and oxygen atoms in total. The summed E-state index contributed by atoms with van der Waals surface area (Å²) in [7, 11) is 0. The molecule has 0 amide bonds. The number of benzene rings is 2. The summed E-state index contributed by atoms with van der Waals surface area (Å²) in [5.74, 6) is -1.16. The summed E-state index contributed by atoms with van der Waals surface area (Å²) in [5.41, 5.74) is 1.43. The van der Waals surface area contributed by atoms with Gasteiger partial charge in [0.25, 0.3) is 0 Å². The van der Waals surface area contributed by atoms with E-state index in [-0.39, 0.29) is 21.3 Å². The van der Waals surface area contributed by atoms with E-state index in [4.69, 9.17) is 9.84 Å². The molecule has 136 valence electrons. The monoisotopic (exact) mass is 370 g/mol. The molecule has 5 heteroatoms. The van der Waals surface area contributed by atoms with Crippen LogP contribution in [0, 0.1) is 0 Å². The quantitative estimate of drug-likeness (QED) is 0.597. The van der Waals surface area contributed by atoms with Gasteiger partial charge >= 0.3 is 11.9 Å². The minimum atomic E-state index is -1.07. The van der Waals surface area contributed by atoms with Gasteiger partial charge < -0.3 is 9.84 Å². The van der Waals surface area contributed by atoms with Gasteiger partial charge in [0, 0.05) is 9.64 Å². The molecule has 0 atom stereocenters. The molecule has 26 heavy (non-hydrogen) atoms. The van der Waals surface area contributed by atoms with E-state index >= 15 is 0 Å². The molecule has 1 aliphatic heterocycles. The average Bonchev–Trinajstić information content (AvgIpc) is 2.54. The van der Waals surface area contributed by atoms with Crippen LogP contribution in [-0.2, 0) is 5.41 Å². The Bertz CT molecular complexity index is 883. The smallest absolute Gasteiger partial charge is 0.343 e. The number of carboxylic acid groups (broad SMARTS) is 1. The lowest BCUT2D eigenvalue weighted by atomic mass is 9.77. The fourth-order valence-corrected chi connectivity index (χ4v) is 5.24. The predicted octanol–water partition coefficient (Wildman–Crippen LogP) is 5.16. The third kappa shape index (κ3) is 3.78. The van der Waals surface area contributed by atoms with E-state index in [0.29, 0.717) is 5.75 Å². The van der Waals surface area contributed by atoms with Crippen LogP contribution in [0.1, 0.15) is 60.4 Å². The number of ether oxygens (including phenoxy) is 1. The first kappa shape index (κ1) is 18.5. The highest BCUT2D eigenvalue weighted by Gasteiger charge is 2.38. The van der Waals surface area contributed by atoms with Crippen LogP contribution < -0.4 is 4.74 Å². The molecule has 0 saturated heterocycles. The summed E-state index contributed by atoms with van der Waals surface area (Å²) < 4.78 is 5.66. The first-order chi connectivity index (χ1) is 12.1. The second-order valence-corrected chi connectivity index (χ2v) is 9.60. The van der Waals surface area contributed by atoms with Crippen molar-refractivity contribution in [3.05, 3.63) is 59.2 Å². The lowest BCUT2D eigenvalue weighted by molar-refractivity contribution is 0.0697. The van der Waals surface area contributed by atoms with Gasteiger partial charge in [-0.05, 0) is 53.8 Å². The standard InChI is InChI=1S/C21H22O4S/c1-20(2)12-21(3,4)26-17-9-8-15(11-16(17)20)25-19(24)14-7-5-6-13(10-14)18(22)23/h5-11H,12H2,1-4H3,(H,22,23). The highest BCUT2D eigenvalue weighted by molar-refractivity contribution is 8.00. The van der Waals surface area contributed by atoms with Crippen LogP contribution in [0.3, 0.4) is 0 Å². The zero-order valence-corrected chi connectivity index (χ0v) is 16.1. The van der Waals surface area contributed by atoms with Crippen LogP contribution in [0.25, 0.3) is 0 Å². The van der Waals surface area contributed by atoms with Crippen LogP contribution >= 0.6 is 11.8 Å². The van der Waals surface area contributed by atoms with E-state index in [9.17, 15) is 9.59 Å². The van der Waals surface area contributed by atoms with Gasteiger partial charge in [-0.15, -0.1) is 11.8 Å². The Morgan fingerprint density at radius 2 is 1.73 bits per heavy atom. The van der Waals surface area contributed by atoms with Gasteiger partial charge in [-0.2, -0.15) is 0 Å². The van der Waals surface area contributed by atoms with Crippen molar-refractivity contribution in [3.63, 3.8) is 0 Å². The SMILES string of the molecule is CC1(C)CC(C)(C)c2cc(OC(=O)c3cccc(C(=O)O)c3)ccc2S1. The zero-order valence-electron chi connectivity index (χ0n) is 15.3. The van der Waals surface area contributed by atoms with Crippen molar-refractivity contribution in [1.29, 1.82) is 0 Å². The van der Waals surface area contributed by atoms with Gasteiger partial charge in [-0.1, -0.05) is 33.8 Å². The third-order valence-corrected chi connectivity index (χ3v) is 5.76. The lowest BCUT2D eigenvalue weighted by Gasteiger charge is -2.41. The Hall–Kier alpha value is -2.27. The molecular weight excluding hydrogens is 348 g/mol. The summed E-state index contributed by atoms with van der Waals surface area (Å²) in [6, 6.07) is 11.6. The number of hydrogen-bond acceptors (Lipinski definition) is 4. The maximum Gasteiger partial charge on any atom is 0.343 e. The third-order valence-electron chi connectivity index (χ3n) is 4.49. The fraction of sp³-hybridized carbons (Fsp3) is 0.333. The van der Waals surface area contributed by atoms with E-state index in [0.717, 1.165) is 6.42 Å². The van der Waals surface area contributed by atoms with Crippen LogP contribution in [-0.4, -0.2) is 21.8 Å². The first-order valence-electron chi connectivity index (χ1n) is 8.46. The molecule has 0 radical (unpaired) electrons. The summed E-state index contributed by atoms with van der Waals surface area (Å²) in [6.45, 7) is 8.89. The van der Waals surface area contributed by atoms with Crippen molar-refractivity contribution >= 4 is 23.7 Å². The summed E-state index contributed by atoms with van der Waals surface area (Å²) in [6.07, 6.45) is 1.02. The zero-order chi connectivity index (χ0) is 19.1. The highest BCUT2D eigenvalue weighted by atomic mass is 32.2. The normalized spacial score (nSPS) is 17.2. The van der Waals surface area contributed by atoms with E-state index < -0.39 is 11.9 Å². The van der Waals surface area contributed by atoms with Crippen molar-refractivity contribution in [2.75, 3.05) is 0 Å². The van der Waals surface area contributed by atoms with Crippen LogP contribution in [0.5, 0.6) is 5.75 Å². The van der Waals surface area contributed by atoms with Gasteiger partial charge in [-0.3, -0.25) is 0 Å². The molecule has 0 saturated carbocycles. The molecule has 0 spiro atoms. The maximum absolute atomic E-state index is 12.4. The minimum absolute atomic E-state index is 0.0181. The first-order valence-corrected chi connectivity index (χ1v) is 9.28. The Kier molecular flexibility index (Phi) is 4.61. The second kappa shape index (κ2) is 6.47. The molecule has 1 aliphatic rings. The number of rotatable bonds is 3. The number of hydrogen-bond donors (Lipinski definition) is 1. The molecule has 1 heterocycles. The number of carbonyl (C=O) groups is 2.